The van der Waals surface area contributed by atoms with Gasteiger partial charge in [0.2, 0.25) is 0 Å². The molecule has 22 heavy (non-hydrogen) atoms. The Morgan fingerprint density at radius 2 is 2.05 bits per heavy atom. The van der Waals surface area contributed by atoms with Gasteiger partial charge in [0.05, 0.1) is 11.7 Å². The average Bonchev–Trinajstić information content (AvgIpc) is 3.06. The maximum atomic E-state index is 5.75. The predicted octanol–water partition coefficient (Wildman–Crippen LogP) is 2.54. The van der Waals surface area contributed by atoms with Gasteiger partial charge in [0.15, 0.2) is 0 Å². The molecule has 0 aromatic carbocycles. The summed E-state index contributed by atoms with van der Waals surface area (Å²) >= 11 is 0. The van der Waals surface area contributed by atoms with Gasteiger partial charge in [-0.1, -0.05) is 5.16 Å². The smallest absolute Gasteiger partial charge is 0.263 e. The predicted molar refractivity (Wildman–Crippen MR) is 82.7 cm³/mol. The van der Waals surface area contributed by atoms with Gasteiger partial charge >= 0.3 is 0 Å². The van der Waals surface area contributed by atoms with Gasteiger partial charge in [-0.25, -0.2) is 4.98 Å². The Labute approximate surface area is 128 Å². The van der Waals surface area contributed by atoms with Crippen molar-refractivity contribution >= 4 is 16.9 Å². The van der Waals surface area contributed by atoms with Crippen molar-refractivity contribution in [2.24, 2.45) is 0 Å². The molecule has 0 unspecified atom stereocenters. The summed E-state index contributed by atoms with van der Waals surface area (Å²) in [5.74, 6) is 2.54. The molecule has 3 heterocycles. The third-order valence-electron chi connectivity index (χ3n) is 3.62. The van der Waals surface area contributed by atoms with Gasteiger partial charge in [-0.2, -0.15) is 4.98 Å². The van der Waals surface area contributed by atoms with Crippen molar-refractivity contribution in [3.63, 3.8) is 0 Å². The minimum Gasteiger partial charge on any atom is -0.465 e. The molecule has 3 aromatic heterocycles. The largest absolute Gasteiger partial charge is 0.465 e. The minimum atomic E-state index is 0.0962. The molecule has 0 spiro atoms. The molecule has 0 saturated carbocycles. The Balaban J connectivity index is 1.84. The molecular formula is C15H19N5O2. The first-order chi connectivity index (χ1) is 10.6. The first kappa shape index (κ1) is 14.5. The Kier molecular flexibility index (Phi) is 3.81. The van der Waals surface area contributed by atoms with Crippen LogP contribution in [0.5, 0.6) is 0 Å². The van der Waals surface area contributed by atoms with E-state index in [0.717, 1.165) is 28.4 Å². The number of aromatic nitrogens is 3. The van der Waals surface area contributed by atoms with Gasteiger partial charge in [0, 0.05) is 6.54 Å². The van der Waals surface area contributed by atoms with Gasteiger partial charge in [0.1, 0.15) is 29.1 Å². The van der Waals surface area contributed by atoms with Crippen molar-refractivity contribution in [1.29, 1.82) is 0 Å². The number of aryl methyl sites for hydroxylation is 2. The summed E-state index contributed by atoms with van der Waals surface area (Å²) < 4.78 is 10.9. The van der Waals surface area contributed by atoms with Crippen LogP contribution in [0.1, 0.15) is 23.3 Å². The third kappa shape index (κ3) is 2.67. The van der Waals surface area contributed by atoms with Gasteiger partial charge in [-0.05, 0) is 40.1 Å². The third-order valence-corrected chi connectivity index (χ3v) is 3.62. The summed E-state index contributed by atoms with van der Waals surface area (Å²) in [6.07, 6.45) is 1.47. The lowest BCUT2D eigenvalue weighted by Crippen LogP contribution is -2.26. The van der Waals surface area contributed by atoms with E-state index in [1.54, 1.807) is 0 Å². The van der Waals surface area contributed by atoms with Crippen molar-refractivity contribution in [1.82, 2.24) is 20.0 Å². The van der Waals surface area contributed by atoms with E-state index in [4.69, 9.17) is 8.94 Å². The number of hydrogen-bond acceptors (Lipinski definition) is 7. The van der Waals surface area contributed by atoms with Gasteiger partial charge < -0.3 is 14.3 Å². The topological polar surface area (TPSA) is 80.2 Å². The van der Waals surface area contributed by atoms with Crippen LogP contribution in [-0.4, -0.2) is 40.7 Å². The number of likely N-dealkylation sites (N-methyl/N-ethyl adjacent to an activating group) is 1. The zero-order chi connectivity index (χ0) is 15.7. The SMILES string of the molecule is Cc1ccc([C@@H](CNc2ncnc3onc(C)c23)N(C)C)o1. The highest BCUT2D eigenvalue weighted by Gasteiger charge is 2.19. The van der Waals surface area contributed by atoms with E-state index in [1.807, 2.05) is 40.1 Å². The summed E-state index contributed by atoms with van der Waals surface area (Å²) in [5, 5.41) is 8.10. The van der Waals surface area contributed by atoms with E-state index >= 15 is 0 Å². The number of anilines is 1. The number of furan rings is 1. The van der Waals surface area contributed by atoms with E-state index in [-0.39, 0.29) is 6.04 Å². The normalized spacial score (nSPS) is 13.0. The Hall–Kier alpha value is -2.41. The minimum absolute atomic E-state index is 0.0962. The summed E-state index contributed by atoms with van der Waals surface area (Å²) in [4.78, 5) is 10.5. The van der Waals surface area contributed by atoms with Crippen molar-refractivity contribution < 1.29 is 8.94 Å². The van der Waals surface area contributed by atoms with E-state index < -0.39 is 0 Å². The molecule has 3 aromatic rings. The van der Waals surface area contributed by atoms with Crippen LogP contribution in [0.15, 0.2) is 27.4 Å². The number of hydrogen-bond donors (Lipinski definition) is 1. The highest BCUT2D eigenvalue weighted by molar-refractivity contribution is 5.87. The zero-order valence-corrected chi connectivity index (χ0v) is 13.1. The number of rotatable bonds is 5. The highest BCUT2D eigenvalue weighted by atomic mass is 16.5. The van der Waals surface area contributed by atoms with Crippen molar-refractivity contribution in [2.45, 2.75) is 19.9 Å². The zero-order valence-electron chi connectivity index (χ0n) is 13.1. The van der Waals surface area contributed by atoms with Crippen LogP contribution in [0, 0.1) is 13.8 Å². The first-order valence-corrected chi connectivity index (χ1v) is 7.10. The lowest BCUT2D eigenvalue weighted by molar-refractivity contribution is 0.266. The number of nitrogens with one attached hydrogen (secondary N) is 1. The molecule has 0 saturated heterocycles. The molecule has 1 atom stereocenters. The Morgan fingerprint density at radius 1 is 1.23 bits per heavy atom. The van der Waals surface area contributed by atoms with Gasteiger partial charge in [0.25, 0.3) is 5.71 Å². The van der Waals surface area contributed by atoms with Crippen molar-refractivity contribution in [3.05, 3.63) is 35.7 Å². The monoisotopic (exact) mass is 301 g/mol. The fraction of sp³-hybridized carbons (Fsp3) is 0.400. The summed E-state index contributed by atoms with van der Waals surface area (Å²) in [6, 6.07) is 4.07. The molecule has 116 valence electrons. The Bertz CT molecular complexity index is 777. The van der Waals surface area contributed by atoms with Crippen LogP contribution in [0.2, 0.25) is 0 Å². The maximum absolute atomic E-state index is 5.75. The molecule has 0 aliphatic rings. The molecule has 1 N–H and O–H groups in total. The van der Waals surface area contributed by atoms with Crippen molar-refractivity contribution in [2.75, 3.05) is 26.0 Å². The van der Waals surface area contributed by atoms with E-state index in [9.17, 15) is 0 Å². The molecule has 0 bridgehead atoms. The fourth-order valence-electron chi connectivity index (χ4n) is 2.42. The van der Waals surface area contributed by atoms with Crippen LogP contribution >= 0.6 is 0 Å². The fourth-order valence-corrected chi connectivity index (χ4v) is 2.42. The average molecular weight is 301 g/mol. The van der Waals surface area contributed by atoms with Gasteiger partial charge in [-0.15, -0.1) is 0 Å². The summed E-state index contributed by atoms with van der Waals surface area (Å²) in [6.45, 7) is 4.47. The molecule has 0 fully saturated rings. The lowest BCUT2D eigenvalue weighted by atomic mass is 10.2. The van der Waals surface area contributed by atoms with Crippen LogP contribution in [0.3, 0.4) is 0 Å². The molecule has 0 aliphatic carbocycles. The second-order valence-electron chi connectivity index (χ2n) is 5.48. The number of nitrogens with zero attached hydrogens (tertiary/aromatic N) is 4. The second kappa shape index (κ2) is 5.76. The number of fused-ring (bicyclic) bond motifs is 1. The highest BCUT2D eigenvalue weighted by Crippen LogP contribution is 2.25. The molecule has 0 aliphatic heterocycles. The quantitative estimate of drug-likeness (QED) is 0.775. The summed E-state index contributed by atoms with van der Waals surface area (Å²) in [7, 11) is 4.04. The van der Waals surface area contributed by atoms with Crippen LogP contribution in [0.25, 0.3) is 11.1 Å². The first-order valence-electron chi connectivity index (χ1n) is 7.10. The van der Waals surface area contributed by atoms with Crippen LogP contribution in [0.4, 0.5) is 5.82 Å². The van der Waals surface area contributed by atoms with Crippen LogP contribution in [-0.2, 0) is 0 Å². The van der Waals surface area contributed by atoms with E-state index in [0.29, 0.717) is 12.3 Å². The maximum Gasteiger partial charge on any atom is 0.263 e. The lowest BCUT2D eigenvalue weighted by Gasteiger charge is -2.23. The van der Waals surface area contributed by atoms with E-state index in [2.05, 4.69) is 25.3 Å². The molecule has 3 rings (SSSR count). The molecule has 0 radical (unpaired) electrons. The van der Waals surface area contributed by atoms with E-state index in [1.165, 1.54) is 6.33 Å². The second-order valence-corrected chi connectivity index (χ2v) is 5.48. The molecule has 0 amide bonds. The molecule has 7 nitrogen and oxygen atoms in total. The van der Waals surface area contributed by atoms with Crippen molar-refractivity contribution in [3.8, 4) is 0 Å². The van der Waals surface area contributed by atoms with Crippen LogP contribution < -0.4 is 5.32 Å². The molecule has 7 heteroatoms. The standard InChI is InChI=1S/C15H19N5O2/c1-9-5-6-12(21-9)11(20(3)4)7-16-14-13-10(2)19-22-15(13)18-8-17-14/h5-6,8,11H,7H2,1-4H3,(H,16,17,18)/t11-/m1/s1. The summed E-state index contributed by atoms with van der Waals surface area (Å²) in [5.41, 5.74) is 1.26. The van der Waals surface area contributed by atoms with Gasteiger partial charge in [-0.3, -0.25) is 4.90 Å². The Morgan fingerprint density at radius 3 is 2.73 bits per heavy atom. The molecular weight excluding hydrogens is 282 g/mol.